The molecule has 5 nitrogen and oxygen atoms in total. The van der Waals surface area contributed by atoms with Crippen molar-refractivity contribution >= 4 is 11.9 Å². The quantitative estimate of drug-likeness (QED) is 0.768. The van der Waals surface area contributed by atoms with Gasteiger partial charge in [0.2, 0.25) is 5.91 Å². The van der Waals surface area contributed by atoms with Crippen LogP contribution in [0.1, 0.15) is 17.5 Å². The molecular weight excluding hydrogens is 294 g/mol. The van der Waals surface area contributed by atoms with Gasteiger partial charge in [0.05, 0.1) is 0 Å². The topological polar surface area (TPSA) is 75.6 Å². The Morgan fingerprint density at radius 2 is 1.70 bits per heavy atom. The molecule has 0 bridgehead atoms. The number of carbonyl (C=O) groups excluding carboxylic acids is 2. The number of aromatic hydroxyl groups is 1. The Morgan fingerprint density at radius 1 is 1.00 bits per heavy atom. The predicted molar refractivity (Wildman–Crippen MR) is 85.7 cm³/mol. The number of phenols is 1. The fourth-order valence-corrected chi connectivity index (χ4v) is 2.02. The number of para-hydroxylation sites is 1. The summed E-state index contributed by atoms with van der Waals surface area (Å²) in [5.74, 6) is -0.572. The minimum absolute atomic E-state index is 0.160. The first kappa shape index (κ1) is 16.5. The molecule has 2 N–H and O–H groups in total. The summed E-state index contributed by atoms with van der Waals surface area (Å²) in [7, 11) is 0. The van der Waals surface area contributed by atoms with E-state index in [2.05, 4.69) is 5.32 Å². The Bertz CT molecular complexity index is 655. The maximum absolute atomic E-state index is 11.7. The summed E-state index contributed by atoms with van der Waals surface area (Å²) < 4.78 is 5.07. The van der Waals surface area contributed by atoms with Crippen molar-refractivity contribution in [3.63, 3.8) is 0 Å². The summed E-state index contributed by atoms with van der Waals surface area (Å²) in [5, 5.41) is 12.1. The van der Waals surface area contributed by atoms with Crippen LogP contribution < -0.4 is 5.32 Å². The van der Waals surface area contributed by atoms with E-state index in [9.17, 15) is 14.7 Å². The first-order valence-electron chi connectivity index (χ1n) is 7.38. The van der Waals surface area contributed by atoms with Crippen molar-refractivity contribution in [3.8, 4) is 5.75 Å². The number of rotatable bonds is 7. The van der Waals surface area contributed by atoms with Crippen molar-refractivity contribution in [2.24, 2.45) is 0 Å². The maximum atomic E-state index is 11.7. The van der Waals surface area contributed by atoms with Crippen molar-refractivity contribution in [3.05, 3.63) is 65.7 Å². The van der Waals surface area contributed by atoms with Crippen LogP contribution in [0.25, 0.3) is 0 Å². The molecule has 120 valence electrons. The molecule has 0 aliphatic carbocycles. The summed E-state index contributed by atoms with van der Waals surface area (Å²) in [6.45, 7) is 0.0276. The smallest absolute Gasteiger partial charge is 0.325 e. The number of ether oxygens (including phenoxy) is 1. The van der Waals surface area contributed by atoms with E-state index in [1.165, 1.54) is 0 Å². The summed E-state index contributed by atoms with van der Waals surface area (Å²) in [5.41, 5.74) is 1.60. The largest absolute Gasteiger partial charge is 0.508 e. The number of benzene rings is 2. The first-order chi connectivity index (χ1) is 11.1. The number of amides is 1. The van der Waals surface area contributed by atoms with Gasteiger partial charge in [-0.15, -0.1) is 0 Å². The van der Waals surface area contributed by atoms with Crippen molar-refractivity contribution < 1.29 is 19.4 Å². The molecule has 0 unspecified atom stereocenters. The molecule has 0 spiro atoms. The van der Waals surface area contributed by atoms with Gasteiger partial charge in [-0.2, -0.15) is 0 Å². The van der Waals surface area contributed by atoms with Gasteiger partial charge >= 0.3 is 5.97 Å². The van der Waals surface area contributed by atoms with E-state index < -0.39 is 5.97 Å². The van der Waals surface area contributed by atoms with E-state index in [-0.39, 0.29) is 31.2 Å². The lowest BCUT2D eigenvalue weighted by molar-refractivity contribution is -0.145. The van der Waals surface area contributed by atoms with Crippen LogP contribution in [0.2, 0.25) is 0 Å². The molecule has 0 aliphatic rings. The zero-order chi connectivity index (χ0) is 16.5. The number of phenolic OH excluding ortho intramolecular Hbond substituents is 1. The number of nitrogens with one attached hydrogen (secondary N) is 1. The molecule has 0 saturated heterocycles. The second kappa shape index (κ2) is 8.58. The number of carbonyl (C=O) groups is 2. The van der Waals surface area contributed by atoms with Crippen LogP contribution >= 0.6 is 0 Å². The molecule has 23 heavy (non-hydrogen) atoms. The molecule has 5 heteroatoms. The van der Waals surface area contributed by atoms with Gasteiger partial charge in [-0.25, -0.2) is 0 Å². The molecule has 0 atom stereocenters. The SMILES string of the molecule is O=C(CCc1ccccc1O)NCC(=O)OCc1ccccc1. The highest BCUT2D eigenvalue weighted by molar-refractivity contribution is 5.82. The number of esters is 1. The Morgan fingerprint density at radius 3 is 2.43 bits per heavy atom. The van der Waals surface area contributed by atoms with Crippen LogP contribution in [-0.4, -0.2) is 23.5 Å². The molecule has 1 amide bonds. The van der Waals surface area contributed by atoms with Gasteiger partial charge in [-0.1, -0.05) is 48.5 Å². The van der Waals surface area contributed by atoms with Gasteiger partial charge < -0.3 is 15.2 Å². The van der Waals surface area contributed by atoms with Crippen molar-refractivity contribution in [2.45, 2.75) is 19.4 Å². The second-order valence-electron chi connectivity index (χ2n) is 5.05. The molecule has 2 aromatic carbocycles. The summed E-state index contributed by atoms with van der Waals surface area (Å²) >= 11 is 0. The van der Waals surface area contributed by atoms with Crippen LogP contribution in [0, 0.1) is 0 Å². The third-order valence-electron chi connectivity index (χ3n) is 3.29. The van der Waals surface area contributed by atoms with E-state index in [0.717, 1.165) is 5.56 Å². The maximum Gasteiger partial charge on any atom is 0.325 e. The van der Waals surface area contributed by atoms with Crippen LogP contribution in [0.15, 0.2) is 54.6 Å². The molecule has 0 aromatic heterocycles. The van der Waals surface area contributed by atoms with Crippen molar-refractivity contribution in [1.29, 1.82) is 0 Å². The molecule has 2 rings (SSSR count). The van der Waals surface area contributed by atoms with Crippen LogP contribution in [-0.2, 0) is 27.4 Å². The molecule has 0 fully saturated rings. The van der Waals surface area contributed by atoms with Gasteiger partial charge in [0.25, 0.3) is 0 Å². The Kier molecular flexibility index (Phi) is 6.17. The summed E-state index contributed by atoms with van der Waals surface area (Å²) in [6, 6.07) is 16.2. The molecule has 0 aliphatic heterocycles. The van der Waals surface area contributed by atoms with Gasteiger partial charge in [0, 0.05) is 6.42 Å². The number of aryl methyl sites for hydroxylation is 1. The van der Waals surface area contributed by atoms with Crippen LogP contribution in [0.5, 0.6) is 5.75 Å². The van der Waals surface area contributed by atoms with E-state index in [1.807, 2.05) is 30.3 Å². The zero-order valence-electron chi connectivity index (χ0n) is 12.7. The normalized spacial score (nSPS) is 10.1. The lowest BCUT2D eigenvalue weighted by atomic mass is 10.1. The van der Waals surface area contributed by atoms with Crippen LogP contribution in [0.3, 0.4) is 0 Å². The molecule has 0 heterocycles. The fraction of sp³-hybridized carbons (Fsp3) is 0.222. The molecule has 0 saturated carbocycles. The van der Waals surface area contributed by atoms with Gasteiger partial charge in [-0.3, -0.25) is 9.59 Å². The Labute approximate surface area is 134 Å². The average Bonchev–Trinajstić information content (AvgIpc) is 2.58. The van der Waals surface area contributed by atoms with Gasteiger partial charge in [0.1, 0.15) is 18.9 Å². The Hall–Kier alpha value is -2.82. The van der Waals surface area contributed by atoms with Crippen molar-refractivity contribution in [2.75, 3.05) is 6.54 Å². The zero-order valence-corrected chi connectivity index (χ0v) is 12.7. The number of hydrogen-bond acceptors (Lipinski definition) is 4. The highest BCUT2D eigenvalue weighted by Gasteiger charge is 2.08. The van der Waals surface area contributed by atoms with Gasteiger partial charge in [0.15, 0.2) is 0 Å². The van der Waals surface area contributed by atoms with Crippen molar-refractivity contribution in [1.82, 2.24) is 5.32 Å². The predicted octanol–water partition coefficient (Wildman–Crippen LogP) is 2.18. The molecule has 0 radical (unpaired) electrons. The lowest BCUT2D eigenvalue weighted by Crippen LogP contribution is -2.30. The lowest BCUT2D eigenvalue weighted by Gasteiger charge is -2.07. The van der Waals surface area contributed by atoms with Gasteiger partial charge in [-0.05, 0) is 23.6 Å². The minimum Gasteiger partial charge on any atom is -0.508 e. The minimum atomic E-state index is -0.482. The third-order valence-corrected chi connectivity index (χ3v) is 3.29. The Balaban J connectivity index is 1.66. The highest BCUT2D eigenvalue weighted by Crippen LogP contribution is 2.16. The molecular formula is C18H19NO4. The summed E-state index contributed by atoms with van der Waals surface area (Å²) in [6.07, 6.45) is 0.612. The molecule has 2 aromatic rings. The third kappa shape index (κ3) is 5.82. The van der Waals surface area contributed by atoms with E-state index in [0.29, 0.717) is 12.0 Å². The van der Waals surface area contributed by atoms with E-state index in [4.69, 9.17) is 4.74 Å². The fourth-order valence-electron chi connectivity index (χ4n) is 2.02. The summed E-state index contributed by atoms with van der Waals surface area (Å²) in [4.78, 5) is 23.3. The highest BCUT2D eigenvalue weighted by atomic mass is 16.5. The second-order valence-corrected chi connectivity index (χ2v) is 5.05. The number of hydrogen-bond donors (Lipinski definition) is 2. The van der Waals surface area contributed by atoms with Crippen LogP contribution in [0.4, 0.5) is 0 Å². The monoisotopic (exact) mass is 313 g/mol. The standard InChI is InChI=1S/C18H19NO4/c20-16-9-5-4-8-15(16)10-11-17(21)19-12-18(22)23-13-14-6-2-1-3-7-14/h1-9,20H,10-13H2,(H,19,21). The average molecular weight is 313 g/mol. The van der Waals surface area contributed by atoms with E-state index >= 15 is 0 Å². The van der Waals surface area contributed by atoms with E-state index in [1.54, 1.807) is 24.3 Å². The first-order valence-corrected chi connectivity index (χ1v) is 7.38.